The number of nitrogens with two attached hydrogens (primary N) is 1. The molecule has 1 saturated carbocycles. The molecule has 13 heavy (non-hydrogen) atoms. The Morgan fingerprint density at radius 3 is 2.38 bits per heavy atom. The summed E-state index contributed by atoms with van der Waals surface area (Å²) in [4.78, 5) is 20.8. The molecule has 2 N–H and O–H groups in total. The van der Waals surface area contributed by atoms with Gasteiger partial charge in [-0.1, -0.05) is 0 Å². The maximum Gasteiger partial charge on any atom is 0.405 e. The number of alkyl halides is 2. The van der Waals surface area contributed by atoms with Gasteiger partial charge < -0.3 is 10.5 Å². The Bertz CT molecular complexity index is 244. The Morgan fingerprint density at radius 1 is 1.46 bits per heavy atom. The molecule has 0 bridgehead atoms. The van der Waals surface area contributed by atoms with Crippen molar-refractivity contribution in [2.24, 2.45) is 5.73 Å². The maximum absolute atomic E-state index is 12.7. The lowest BCUT2D eigenvalue weighted by Gasteiger charge is -2.20. The summed E-state index contributed by atoms with van der Waals surface area (Å²) in [5.74, 6) is -2.95. The predicted octanol–water partition coefficient (Wildman–Crippen LogP) is 0.839. The second kappa shape index (κ2) is 2.93. The van der Waals surface area contributed by atoms with Gasteiger partial charge in [0.15, 0.2) is 11.9 Å². The van der Waals surface area contributed by atoms with E-state index in [0.29, 0.717) is 0 Å². The van der Waals surface area contributed by atoms with Crippen LogP contribution >= 0.6 is 0 Å². The summed E-state index contributed by atoms with van der Waals surface area (Å²) in [5.41, 5.74) is 2.94. The first-order valence-electron chi connectivity index (χ1n) is 3.72. The van der Waals surface area contributed by atoms with Gasteiger partial charge in [0.2, 0.25) is 0 Å². The molecule has 1 rings (SSSR count). The van der Waals surface area contributed by atoms with E-state index in [2.05, 4.69) is 10.5 Å². The molecular formula is C7H9F2NO3. The number of carbonyl (C=O) groups is 2. The molecule has 1 amide bonds. The van der Waals surface area contributed by atoms with Crippen LogP contribution in [0.25, 0.3) is 0 Å². The Morgan fingerprint density at radius 2 is 2.08 bits per heavy atom. The molecule has 0 aromatic heterocycles. The average Bonchev–Trinajstić information content (AvgIpc) is 2.26. The number of halogens is 2. The van der Waals surface area contributed by atoms with Crippen molar-refractivity contribution in [1.82, 2.24) is 0 Å². The summed E-state index contributed by atoms with van der Waals surface area (Å²) in [6.07, 6.45) is -2.39. The van der Waals surface area contributed by atoms with E-state index in [1.807, 2.05) is 0 Å². The molecule has 0 spiro atoms. The molecule has 1 unspecified atom stereocenters. The van der Waals surface area contributed by atoms with Crippen LogP contribution in [0.1, 0.15) is 19.3 Å². The van der Waals surface area contributed by atoms with Crippen molar-refractivity contribution in [3.05, 3.63) is 0 Å². The minimum Gasteiger partial charge on any atom is -0.435 e. The Labute approximate surface area is 73.0 Å². The monoisotopic (exact) mass is 193 g/mol. The predicted molar refractivity (Wildman–Crippen MR) is 38.3 cm³/mol. The first kappa shape index (κ1) is 9.88. The van der Waals surface area contributed by atoms with Crippen LogP contribution in [0.2, 0.25) is 0 Å². The molecule has 0 aromatic rings. The van der Waals surface area contributed by atoms with Gasteiger partial charge in [-0.25, -0.2) is 13.6 Å². The minimum absolute atomic E-state index is 0.174. The Hall–Kier alpha value is -1.20. The highest BCUT2D eigenvalue weighted by Crippen LogP contribution is 2.42. The van der Waals surface area contributed by atoms with E-state index in [9.17, 15) is 18.4 Å². The van der Waals surface area contributed by atoms with E-state index >= 15 is 0 Å². The average molecular weight is 193 g/mol. The third-order valence-electron chi connectivity index (χ3n) is 1.99. The van der Waals surface area contributed by atoms with E-state index in [-0.39, 0.29) is 12.7 Å². The lowest BCUT2D eigenvalue weighted by Crippen LogP contribution is -2.37. The van der Waals surface area contributed by atoms with Crippen molar-refractivity contribution in [3.63, 3.8) is 0 Å². The van der Waals surface area contributed by atoms with Crippen molar-refractivity contribution < 1.29 is 23.1 Å². The van der Waals surface area contributed by atoms with E-state index in [0.717, 1.165) is 0 Å². The smallest absolute Gasteiger partial charge is 0.405 e. The van der Waals surface area contributed by atoms with Crippen LogP contribution in [0.3, 0.4) is 0 Å². The molecule has 1 fully saturated rings. The van der Waals surface area contributed by atoms with Crippen molar-refractivity contribution >= 4 is 12.4 Å². The van der Waals surface area contributed by atoms with Crippen LogP contribution in [-0.4, -0.2) is 23.9 Å². The zero-order chi connectivity index (χ0) is 10.1. The van der Waals surface area contributed by atoms with Crippen molar-refractivity contribution in [2.75, 3.05) is 0 Å². The molecule has 1 atom stereocenters. The Kier molecular flexibility index (Phi) is 2.23. The number of hydrogen-bond donors (Lipinski definition) is 1. The first-order chi connectivity index (χ1) is 5.89. The largest absolute Gasteiger partial charge is 0.435 e. The lowest BCUT2D eigenvalue weighted by atomic mass is 10.0. The van der Waals surface area contributed by atoms with Crippen LogP contribution in [-0.2, 0) is 9.53 Å². The molecule has 0 aromatic carbocycles. The van der Waals surface area contributed by atoms with Crippen molar-refractivity contribution in [3.8, 4) is 0 Å². The third-order valence-corrected chi connectivity index (χ3v) is 1.99. The van der Waals surface area contributed by atoms with Gasteiger partial charge in [-0.15, -0.1) is 0 Å². The highest BCUT2D eigenvalue weighted by Gasteiger charge is 2.52. The van der Waals surface area contributed by atoms with Crippen LogP contribution in [0, 0.1) is 0 Å². The maximum atomic E-state index is 12.7. The Balaban J connectivity index is 2.74. The number of hydrogen-bond acceptors (Lipinski definition) is 3. The van der Waals surface area contributed by atoms with Gasteiger partial charge in [-0.05, 0) is 0 Å². The number of rotatable bonds is 2. The molecule has 1 aliphatic rings. The third kappa shape index (κ3) is 2.13. The summed E-state index contributed by atoms with van der Waals surface area (Å²) in [6.45, 7) is 0. The van der Waals surface area contributed by atoms with Crippen LogP contribution in [0.5, 0.6) is 0 Å². The SMILES string of the molecule is NC(=O)OC1(C=O)CCC(F)(F)C1. The van der Waals surface area contributed by atoms with Gasteiger partial charge in [0, 0.05) is 12.8 Å². The topological polar surface area (TPSA) is 69.4 Å². The number of carbonyl (C=O) groups excluding carboxylic acids is 2. The van der Waals surface area contributed by atoms with Crippen molar-refractivity contribution in [1.29, 1.82) is 0 Å². The lowest BCUT2D eigenvalue weighted by molar-refractivity contribution is -0.126. The number of ether oxygens (including phenoxy) is 1. The van der Waals surface area contributed by atoms with E-state index in [4.69, 9.17) is 0 Å². The molecule has 0 radical (unpaired) electrons. The zero-order valence-electron chi connectivity index (χ0n) is 6.76. The van der Waals surface area contributed by atoms with Crippen molar-refractivity contribution in [2.45, 2.75) is 30.8 Å². The van der Waals surface area contributed by atoms with E-state index in [1.54, 1.807) is 0 Å². The summed E-state index contributed by atoms with van der Waals surface area (Å²) in [7, 11) is 0. The van der Waals surface area contributed by atoms with Gasteiger partial charge >= 0.3 is 6.09 Å². The summed E-state index contributed by atoms with van der Waals surface area (Å²) < 4.78 is 29.7. The standard InChI is InChI=1S/C7H9F2NO3/c8-7(9)2-1-6(3-7,4-11)13-5(10)12/h4H,1-3H2,(H2,10,12). The van der Waals surface area contributed by atoms with Gasteiger partial charge in [-0.3, -0.25) is 4.79 Å². The highest BCUT2D eigenvalue weighted by molar-refractivity contribution is 5.72. The molecule has 6 heteroatoms. The summed E-state index contributed by atoms with van der Waals surface area (Å²) in [6, 6.07) is 0. The van der Waals surface area contributed by atoms with Crippen LogP contribution < -0.4 is 5.73 Å². The zero-order valence-corrected chi connectivity index (χ0v) is 6.76. The second-order valence-electron chi connectivity index (χ2n) is 3.14. The molecule has 0 heterocycles. The normalized spacial score (nSPS) is 31.2. The van der Waals surface area contributed by atoms with E-state index < -0.39 is 30.5 Å². The van der Waals surface area contributed by atoms with E-state index in [1.165, 1.54) is 0 Å². The molecule has 1 aliphatic carbocycles. The summed E-state index contributed by atoms with van der Waals surface area (Å²) >= 11 is 0. The fourth-order valence-electron chi connectivity index (χ4n) is 1.42. The molecule has 0 saturated heterocycles. The fourth-order valence-corrected chi connectivity index (χ4v) is 1.42. The van der Waals surface area contributed by atoms with Gasteiger partial charge in [0.25, 0.3) is 5.92 Å². The minimum atomic E-state index is -2.95. The second-order valence-corrected chi connectivity index (χ2v) is 3.14. The number of aldehydes is 1. The van der Waals surface area contributed by atoms with Gasteiger partial charge in [0.1, 0.15) is 0 Å². The number of amides is 1. The first-order valence-corrected chi connectivity index (χ1v) is 3.72. The van der Waals surface area contributed by atoms with Gasteiger partial charge in [0.05, 0.1) is 6.42 Å². The molecule has 0 aliphatic heterocycles. The molecular weight excluding hydrogens is 184 g/mol. The summed E-state index contributed by atoms with van der Waals surface area (Å²) in [5, 5.41) is 0. The quantitative estimate of drug-likeness (QED) is 0.660. The van der Waals surface area contributed by atoms with Crippen LogP contribution in [0.4, 0.5) is 13.6 Å². The number of primary amides is 1. The highest BCUT2D eigenvalue weighted by atomic mass is 19.3. The molecule has 4 nitrogen and oxygen atoms in total. The van der Waals surface area contributed by atoms with Crippen LogP contribution in [0.15, 0.2) is 0 Å². The molecule has 74 valence electrons. The van der Waals surface area contributed by atoms with Gasteiger partial charge in [-0.2, -0.15) is 0 Å². The fraction of sp³-hybridized carbons (Fsp3) is 0.714.